The van der Waals surface area contributed by atoms with Gasteiger partial charge in [-0.1, -0.05) is 95.9 Å². The first-order valence-corrected chi connectivity index (χ1v) is 29.2. The van der Waals surface area contributed by atoms with Gasteiger partial charge in [-0.2, -0.15) is 8.42 Å². The summed E-state index contributed by atoms with van der Waals surface area (Å²) in [6, 6.07) is 0. The maximum atomic E-state index is 12.6. The number of allylic oxidation sites excluding steroid dienone is 2. The summed E-state index contributed by atoms with van der Waals surface area (Å²) in [5.74, 6) is -1.81. The predicted octanol–water partition coefficient (Wildman–Crippen LogP) is 9.31. The van der Waals surface area contributed by atoms with Gasteiger partial charge in [0.05, 0.1) is 37.1 Å². The van der Waals surface area contributed by atoms with Gasteiger partial charge in [-0.05, 0) is 174 Å². The average molecular weight is 1010 g/mol. The summed E-state index contributed by atoms with van der Waals surface area (Å²) < 4.78 is 60.8. The van der Waals surface area contributed by atoms with E-state index in [2.05, 4.69) is 33.8 Å². The molecule has 0 radical (unpaired) electrons. The summed E-state index contributed by atoms with van der Waals surface area (Å²) in [6.07, 6.45) is 12.7. The summed E-state index contributed by atoms with van der Waals surface area (Å²) in [4.78, 5) is 0. The third kappa shape index (κ3) is 7.04. The molecule has 13 aliphatic rings. The van der Waals surface area contributed by atoms with Crippen molar-refractivity contribution in [3.63, 3.8) is 0 Å². The fourth-order valence-electron chi connectivity index (χ4n) is 20.5. The molecular formula is C58H88O12S. The number of aliphatic hydroxyl groups is 5. The zero-order valence-corrected chi connectivity index (χ0v) is 45.4. The van der Waals surface area contributed by atoms with E-state index in [4.69, 9.17) is 25.0 Å². The van der Waals surface area contributed by atoms with E-state index >= 15 is 0 Å². The summed E-state index contributed by atoms with van der Waals surface area (Å²) in [7, 11) is -4.83. The monoisotopic (exact) mass is 1010 g/mol. The van der Waals surface area contributed by atoms with E-state index in [1.54, 1.807) is 5.57 Å². The molecule has 398 valence electrons. The fraction of sp³-hybridized carbons (Fsp3) is 0.862. The second kappa shape index (κ2) is 16.3. The van der Waals surface area contributed by atoms with Crippen LogP contribution in [0.15, 0.2) is 46.1 Å². The highest BCUT2D eigenvalue weighted by molar-refractivity contribution is 7.80. The van der Waals surface area contributed by atoms with Crippen molar-refractivity contribution in [2.24, 2.45) is 79.8 Å². The fourth-order valence-corrected chi connectivity index (χ4v) is 20.9. The molecule has 6 N–H and O–H groups in total. The summed E-state index contributed by atoms with van der Waals surface area (Å²) in [6.45, 7) is 26.7. The molecule has 5 saturated heterocycles. The molecule has 0 aromatic carbocycles. The van der Waals surface area contributed by atoms with Crippen LogP contribution in [0, 0.1) is 79.8 Å². The van der Waals surface area contributed by atoms with Crippen LogP contribution in [-0.4, -0.2) is 99.4 Å². The van der Waals surface area contributed by atoms with Gasteiger partial charge in [0, 0.05) is 27.6 Å². The zero-order valence-electron chi connectivity index (χ0n) is 44.6. The number of aliphatic hydroxyl groups excluding tert-OH is 2. The first kappa shape index (κ1) is 51.6. The second-order valence-electron chi connectivity index (χ2n) is 28.1. The van der Waals surface area contributed by atoms with Crippen LogP contribution >= 0.6 is 0 Å². The Morgan fingerprint density at radius 2 is 1.46 bits per heavy atom. The van der Waals surface area contributed by atoms with Crippen molar-refractivity contribution in [1.82, 2.24) is 0 Å². The van der Waals surface area contributed by atoms with Gasteiger partial charge >= 0.3 is 10.4 Å². The highest BCUT2D eigenvalue weighted by atomic mass is 32.3. The molecule has 19 atom stereocenters. The van der Waals surface area contributed by atoms with Crippen LogP contribution < -0.4 is 0 Å². The van der Waals surface area contributed by atoms with Crippen LogP contribution in [0.5, 0.6) is 0 Å². The van der Waals surface area contributed by atoms with E-state index in [0.29, 0.717) is 43.6 Å². The molecular weight excluding hydrogens is 921 g/mol. The lowest BCUT2D eigenvalue weighted by atomic mass is 9.42. The molecule has 9 fully saturated rings. The van der Waals surface area contributed by atoms with Crippen molar-refractivity contribution in [1.29, 1.82) is 0 Å². The minimum absolute atomic E-state index is 0.0164. The minimum Gasteiger partial charge on any atom is -0.390 e. The van der Waals surface area contributed by atoms with E-state index in [9.17, 15) is 38.5 Å². The predicted molar refractivity (Wildman–Crippen MR) is 268 cm³/mol. The number of hydrogen-bond acceptors (Lipinski definition) is 11. The van der Waals surface area contributed by atoms with E-state index in [-0.39, 0.29) is 65.2 Å². The molecule has 13 rings (SSSR count). The molecule has 5 heterocycles. The molecule has 2 spiro atoms. The SMILES string of the molecule is C=C1CC(C(C)(C)O)C[C@H]([C@@H](C)C2CCC3C4=C(CC[C@@]32C)[C@@]23COC(O)(C(O)C2)C(C)(C)C3C(OS(=O)(=O)O)C4)O[C@H]1CC[C@@H](C)[C@H]1CCC2C3=C(CC[C@@]21C)[C@@]12COC(O)(C(O)C1)C(C)(C)C2=CC3. The normalized spacial score (nSPS) is 49.5. The van der Waals surface area contributed by atoms with Crippen molar-refractivity contribution in [3.05, 3.63) is 46.1 Å². The molecule has 4 bridgehead atoms. The summed E-state index contributed by atoms with van der Waals surface area (Å²) in [5.41, 5.74) is 4.16. The van der Waals surface area contributed by atoms with Gasteiger partial charge in [0.1, 0.15) is 12.2 Å². The van der Waals surface area contributed by atoms with Crippen LogP contribution in [0.25, 0.3) is 0 Å². The number of rotatable bonds is 9. The van der Waals surface area contributed by atoms with E-state index in [0.717, 1.165) is 69.8 Å². The van der Waals surface area contributed by atoms with Gasteiger partial charge in [-0.15, -0.1) is 0 Å². The van der Waals surface area contributed by atoms with Crippen molar-refractivity contribution < 1.29 is 56.9 Å². The lowest BCUT2D eigenvalue weighted by Crippen LogP contribution is -2.76. The summed E-state index contributed by atoms with van der Waals surface area (Å²) in [5, 5.41) is 57.8. The third-order valence-corrected chi connectivity index (χ3v) is 24.6. The first-order valence-electron chi connectivity index (χ1n) is 27.9. The molecule has 0 amide bonds. The highest BCUT2D eigenvalue weighted by Crippen LogP contribution is 2.73. The molecule has 8 aliphatic carbocycles. The van der Waals surface area contributed by atoms with Crippen LogP contribution in [-0.2, 0) is 28.8 Å². The zero-order chi connectivity index (χ0) is 51.2. The van der Waals surface area contributed by atoms with Crippen LogP contribution in [0.3, 0.4) is 0 Å². The molecule has 0 aromatic rings. The van der Waals surface area contributed by atoms with Gasteiger partial charge < -0.3 is 39.7 Å². The molecule has 4 saturated carbocycles. The second-order valence-corrected chi connectivity index (χ2v) is 29.1. The number of hydrogen-bond donors (Lipinski definition) is 6. The lowest BCUT2D eigenvalue weighted by Gasteiger charge is -2.69. The Hall–Kier alpha value is -1.49. The molecule has 0 aromatic heterocycles. The number of fused-ring (bicyclic) bond motifs is 8. The molecule has 71 heavy (non-hydrogen) atoms. The Labute approximate surface area is 424 Å². The Balaban J connectivity index is 0.821. The first-order chi connectivity index (χ1) is 32.9. The molecule has 10 unspecified atom stereocenters. The van der Waals surface area contributed by atoms with Crippen LogP contribution in [0.1, 0.15) is 172 Å². The van der Waals surface area contributed by atoms with Crippen LogP contribution in [0.4, 0.5) is 0 Å². The molecule has 5 aliphatic heterocycles. The molecule has 13 heteroatoms. The van der Waals surface area contributed by atoms with Gasteiger partial charge in [-0.25, -0.2) is 4.18 Å². The van der Waals surface area contributed by atoms with Crippen molar-refractivity contribution in [2.75, 3.05) is 13.2 Å². The Morgan fingerprint density at radius 1 is 0.845 bits per heavy atom. The Kier molecular flexibility index (Phi) is 11.8. The highest BCUT2D eigenvalue weighted by Gasteiger charge is 2.75. The minimum atomic E-state index is -4.83. The van der Waals surface area contributed by atoms with E-state index < -0.39 is 68.0 Å². The Morgan fingerprint density at radius 3 is 2.11 bits per heavy atom. The van der Waals surface area contributed by atoms with Gasteiger partial charge in [0.2, 0.25) is 5.79 Å². The smallest absolute Gasteiger partial charge is 0.390 e. The topological polar surface area (TPSA) is 192 Å². The number of ether oxygens (including phenoxy) is 3. The van der Waals surface area contributed by atoms with E-state index in [1.807, 2.05) is 41.5 Å². The van der Waals surface area contributed by atoms with Crippen molar-refractivity contribution in [2.45, 2.75) is 220 Å². The van der Waals surface area contributed by atoms with Crippen molar-refractivity contribution >= 4 is 10.4 Å². The maximum absolute atomic E-state index is 12.6. The van der Waals surface area contributed by atoms with E-state index in [1.165, 1.54) is 35.1 Å². The van der Waals surface area contributed by atoms with Crippen molar-refractivity contribution in [3.8, 4) is 0 Å². The van der Waals surface area contributed by atoms with Gasteiger partial charge in [0.15, 0.2) is 5.79 Å². The lowest BCUT2D eigenvalue weighted by molar-refractivity contribution is -0.408. The van der Waals surface area contributed by atoms with Gasteiger partial charge in [-0.3, -0.25) is 4.55 Å². The Bertz CT molecular complexity index is 2430. The standard InChI is InChI=1S/C58H88O12S/c1-31(37-14-16-39-35-13-19-46-50(4,5)57(62)47(59)27-55(46,29-67-57)41(35)20-22-53(37,39)10)12-18-43-32(2)24-34(52(8,9)61)25-44(69-43)33(3)38-15-17-40-36-26-45(70-71(64,65)66)49-51(6,7)58(63)48(60)28-56(49,30-68-58)42(36)21-23-54(38,40)11/h19,31,33-34,37-40,43-45,47-49,59-63H,2,12-18,20-30H2,1,3-11H3,(H,64,65,66)/t31-,33+,34?,37-,38?,39?,40?,43+,44-,45?,47?,48?,49?,53-,54-,55+,56+,57?,58?/m1/s1. The van der Waals surface area contributed by atoms with Gasteiger partial charge in [0.25, 0.3) is 0 Å². The van der Waals surface area contributed by atoms with Crippen LogP contribution in [0.2, 0.25) is 0 Å². The largest absolute Gasteiger partial charge is 0.397 e. The third-order valence-electron chi connectivity index (χ3n) is 24.1. The quantitative estimate of drug-likeness (QED) is 0.0949. The average Bonchev–Trinajstić information content (AvgIpc) is 3.75. The summed E-state index contributed by atoms with van der Waals surface area (Å²) >= 11 is 0. The molecule has 12 nitrogen and oxygen atoms in total. The maximum Gasteiger partial charge on any atom is 0.397 e.